The van der Waals surface area contributed by atoms with Gasteiger partial charge in [-0.2, -0.15) is 5.10 Å². The Bertz CT molecular complexity index is 344. The molecule has 1 aliphatic carbocycles. The van der Waals surface area contributed by atoms with Gasteiger partial charge in [0.15, 0.2) is 0 Å². The Morgan fingerprint density at radius 1 is 1.79 bits per heavy atom. The molecule has 0 saturated heterocycles. The second kappa shape index (κ2) is 3.42. The minimum atomic E-state index is -0.895. The molecule has 76 valence electrons. The van der Waals surface area contributed by atoms with Crippen molar-refractivity contribution in [3.8, 4) is 0 Å². The summed E-state index contributed by atoms with van der Waals surface area (Å²) in [6.07, 6.45) is 2.31. The Balaban J connectivity index is 2.03. The van der Waals surface area contributed by atoms with Crippen LogP contribution in [0.15, 0.2) is 6.07 Å². The SMILES string of the molecule is NC(CC(=O)O)c1cc(C2CC2)[nH]n1. The first-order valence-electron chi connectivity index (χ1n) is 4.69. The summed E-state index contributed by atoms with van der Waals surface area (Å²) in [6, 6.07) is 1.38. The minimum Gasteiger partial charge on any atom is -0.481 e. The molecule has 1 aromatic rings. The number of hydrogen-bond acceptors (Lipinski definition) is 3. The molecule has 1 fully saturated rings. The fourth-order valence-corrected chi connectivity index (χ4v) is 1.44. The van der Waals surface area contributed by atoms with Crippen LogP contribution in [0.2, 0.25) is 0 Å². The molecule has 1 atom stereocenters. The van der Waals surface area contributed by atoms with E-state index in [-0.39, 0.29) is 6.42 Å². The maximum Gasteiger partial charge on any atom is 0.305 e. The first-order valence-corrected chi connectivity index (χ1v) is 4.69. The number of carbonyl (C=O) groups is 1. The van der Waals surface area contributed by atoms with E-state index in [1.807, 2.05) is 6.07 Å². The molecule has 0 radical (unpaired) electrons. The van der Waals surface area contributed by atoms with E-state index in [9.17, 15) is 4.79 Å². The van der Waals surface area contributed by atoms with Crippen molar-refractivity contribution < 1.29 is 9.90 Å². The van der Waals surface area contributed by atoms with E-state index in [2.05, 4.69) is 10.2 Å². The summed E-state index contributed by atoms with van der Waals surface area (Å²) in [6.45, 7) is 0. The summed E-state index contributed by atoms with van der Waals surface area (Å²) >= 11 is 0. The summed E-state index contributed by atoms with van der Waals surface area (Å²) in [5.41, 5.74) is 7.40. The van der Waals surface area contributed by atoms with Crippen LogP contribution in [0.4, 0.5) is 0 Å². The molecule has 1 aliphatic rings. The molecular formula is C9H13N3O2. The third kappa shape index (κ3) is 1.93. The average Bonchev–Trinajstić information content (AvgIpc) is 2.82. The van der Waals surface area contributed by atoms with E-state index in [0.29, 0.717) is 11.6 Å². The van der Waals surface area contributed by atoms with Gasteiger partial charge in [-0.1, -0.05) is 0 Å². The Morgan fingerprint density at radius 3 is 3.07 bits per heavy atom. The first kappa shape index (κ1) is 9.21. The van der Waals surface area contributed by atoms with E-state index < -0.39 is 12.0 Å². The standard InChI is InChI=1S/C9H13N3O2/c10-6(3-9(13)14)8-4-7(11-12-8)5-1-2-5/h4-6H,1-3,10H2,(H,11,12)(H,13,14). The molecule has 14 heavy (non-hydrogen) atoms. The summed E-state index contributed by atoms with van der Waals surface area (Å²) < 4.78 is 0. The van der Waals surface area contributed by atoms with Crippen LogP contribution in [0.25, 0.3) is 0 Å². The number of hydrogen-bond donors (Lipinski definition) is 3. The van der Waals surface area contributed by atoms with E-state index in [0.717, 1.165) is 5.69 Å². The second-order valence-corrected chi connectivity index (χ2v) is 3.73. The van der Waals surface area contributed by atoms with Crippen LogP contribution >= 0.6 is 0 Å². The van der Waals surface area contributed by atoms with Gasteiger partial charge in [-0.15, -0.1) is 0 Å². The van der Waals surface area contributed by atoms with Crippen molar-refractivity contribution in [1.29, 1.82) is 0 Å². The number of nitrogens with zero attached hydrogens (tertiary/aromatic N) is 1. The maximum absolute atomic E-state index is 10.4. The van der Waals surface area contributed by atoms with Gasteiger partial charge in [-0.05, 0) is 18.9 Å². The average molecular weight is 195 g/mol. The summed E-state index contributed by atoms with van der Waals surface area (Å²) in [5.74, 6) is -0.304. The van der Waals surface area contributed by atoms with Crippen LogP contribution in [-0.2, 0) is 4.79 Å². The van der Waals surface area contributed by atoms with Crippen LogP contribution in [0.5, 0.6) is 0 Å². The molecule has 5 heteroatoms. The van der Waals surface area contributed by atoms with Crippen molar-refractivity contribution in [3.63, 3.8) is 0 Å². The van der Waals surface area contributed by atoms with Gasteiger partial charge in [-0.25, -0.2) is 0 Å². The van der Waals surface area contributed by atoms with Crippen molar-refractivity contribution in [2.45, 2.75) is 31.2 Å². The Kier molecular flexibility index (Phi) is 2.25. The topological polar surface area (TPSA) is 92.0 Å². The normalized spacial score (nSPS) is 18.1. The van der Waals surface area contributed by atoms with Gasteiger partial charge >= 0.3 is 5.97 Å². The second-order valence-electron chi connectivity index (χ2n) is 3.73. The molecule has 4 N–H and O–H groups in total. The number of aromatic amines is 1. The highest BCUT2D eigenvalue weighted by Gasteiger charge is 2.26. The quantitative estimate of drug-likeness (QED) is 0.661. The van der Waals surface area contributed by atoms with Gasteiger partial charge in [0.1, 0.15) is 0 Å². The van der Waals surface area contributed by atoms with Crippen LogP contribution < -0.4 is 5.73 Å². The van der Waals surface area contributed by atoms with E-state index in [1.165, 1.54) is 12.8 Å². The Morgan fingerprint density at radius 2 is 2.50 bits per heavy atom. The Hall–Kier alpha value is -1.36. The maximum atomic E-state index is 10.4. The molecule has 0 aromatic carbocycles. The van der Waals surface area contributed by atoms with Crippen molar-refractivity contribution in [2.75, 3.05) is 0 Å². The molecule has 1 heterocycles. The van der Waals surface area contributed by atoms with E-state index >= 15 is 0 Å². The number of carboxylic acids is 1. The highest BCUT2D eigenvalue weighted by Crippen LogP contribution is 2.39. The molecule has 5 nitrogen and oxygen atoms in total. The zero-order valence-electron chi connectivity index (χ0n) is 7.73. The first-order chi connectivity index (χ1) is 6.66. The van der Waals surface area contributed by atoms with Crippen LogP contribution in [0.3, 0.4) is 0 Å². The van der Waals surface area contributed by atoms with Crippen molar-refractivity contribution >= 4 is 5.97 Å². The molecular weight excluding hydrogens is 182 g/mol. The highest BCUT2D eigenvalue weighted by atomic mass is 16.4. The monoisotopic (exact) mass is 195 g/mol. The van der Waals surface area contributed by atoms with Gasteiger partial charge in [0.05, 0.1) is 18.2 Å². The van der Waals surface area contributed by atoms with Crippen LogP contribution in [0, 0.1) is 0 Å². The zero-order valence-corrected chi connectivity index (χ0v) is 7.73. The minimum absolute atomic E-state index is 0.0744. The fourth-order valence-electron chi connectivity index (χ4n) is 1.44. The molecule has 0 spiro atoms. The van der Waals surface area contributed by atoms with Crippen LogP contribution in [0.1, 0.15) is 42.6 Å². The van der Waals surface area contributed by atoms with E-state index in [1.54, 1.807) is 0 Å². The van der Waals surface area contributed by atoms with Crippen molar-refractivity contribution in [1.82, 2.24) is 10.2 Å². The number of nitrogens with two attached hydrogens (primary N) is 1. The number of aromatic nitrogens is 2. The summed E-state index contributed by atoms with van der Waals surface area (Å²) in [4.78, 5) is 10.4. The molecule has 0 amide bonds. The van der Waals surface area contributed by atoms with Crippen LogP contribution in [-0.4, -0.2) is 21.3 Å². The number of H-pyrrole nitrogens is 1. The van der Waals surface area contributed by atoms with Gasteiger partial charge in [0.2, 0.25) is 0 Å². The predicted molar refractivity (Wildman–Crippen MR) is 49.7 cm³/mol. The molecule has 2 rings (SSSR count). The molecule has 1 saturated carbocycles. The van der Waals surface area contributed by atoms with Gasteiger partial charge < -0.3 is 10.8 Å². The number of rotatable bonds is 4. The summed E-state index contributed by atoms with van der Waals surface area (Å²) in [7, 11) is 0. The lowest BCUT2D eigenvalue weighted by Gasteiger charge is -2.03. The number of carboxylic acid groups (broad SMARTS) is 1. The molecule has 0 aliphatic heterocycles. The largest absolute Gasteiger partial charge is 0.481 e. The smallest absolute Gasteiger partial charge is 0.305 e. The Labute approximate surface area is 81.3 Å². The molecule has 1 aromatic heterocycles. The van der Waals surface area contributed by atoms with Gasteiger partial charge in [0, 0.05) is 11.6 Å². The van der Waals surface area contributed by atoms with Gasteiger partial charge in [0.25, 0.3) is 0 Å². The third-order valence-electron chi connectivity index (χ3n) is 2.41. The number of nitrogens with one attached hydrogen (secondary N) is 1. The van der Waals surface area contributed by atoms with Crippen molar-refractivity contribution in [2.24, 2.45) is 5.73 Å². The molecule has 1 unspecified atom stereocenters. The lowest BCUT2D eigenvalue weighted by molar-refractivity contribution is -0.137. The number of aliphatic carboxylic acids is 1. The van der Waals surface area contributed by atoms with Gasteiger partial charge in [-0.3, -0.25) is 9.89 Å². The third-order valence-corrected chi connectivity index (χ3v) is 2.41. The fraction of sp³-hybridized carbons (Fsp3) is 0.556. The molecule has 0 bridgehead atoms. The van der Waals surface area contributed by atoms with E-state index in [4.69, 9.17) is 10.8 Å². The zero-order chi connectivity index (χ0) is 10.1. The lowest BCUT2D eigenvalue weighted by Crippen LogP contribution is -2.15. The summed E-state index contributed by atoms with van der Waals surface area (Å²) in [5, 5.41) is 15.5. The predicted octanol–water partition coefficient (Wildman–Crippen LogP) is 0.762. The highest BCUT2D eigenvalue weighted by molar-refractivity contribution is 5.67. The van der Waals surface area contributed by atoms with Crippen molar-refractivity contribution in [3.05, 3.63) is 17.5 Å². The lowest BCUT2D eigenvalue weighted by atomic mass is 10.1.